The first-order valence-electron chi connectivity index (χ1n) is 6.10. The molecule has 1 amide bonds. The van der Waals surface area contributed by atoms with Gasteiger partial charge in [0.05, 0.1) is 5.54 Å². The Bertz CT molecular complexity index is 551. The number of carbonyl (C=O) groups is 1. The van der Waals surface area contributed by atoms with Crippen LogP contribution >= 0.6 is 0 Å². The first-order valence-corrected chi connectivity index (χ1v) is 6.10. The highest BCUT2D eigenvalue weighted by molar-refractivity contribution is 5.85. The number of benzene rings is 1. The molecule has 0 saturated heterocycles. The van der Waals surface area contributed by atoms with Crippen molar-refractivity contribution in [2.45, 2.75) is 25.8 Å². The standard InChI is InChI=1S/C14H19N3O/c1-14(2,15)13(18)16-8-7-10-9-17-12-6-4-3-5-11(10)12/h3-6,9,17H,7-8,15H2,1-2H3,(H,16,18). The summed E-state index contributed by atoms with van der Waals surface area (Å²) in [5, 5.41) is 4.05. The van der Waals surface area contributed by atoms with E-state index in [2.05, 4.69) is 16.4 Å². The van der Waals surface area contributed by atoms with Crippen molar-refractivity contribution in [3.63, 3.8) is 0 Å². The number of carbonyl (C=O) groups excluding carboxylic acids is 1. The van der Waals surface area contributed by atoms with Gasteiger partial charge >= 0.3 is 0 Å². The van der Waals surface area contributed by atoms with Crippen LogP contribution in [-0.2, 0) is 11.2 Å². The molecule has 0 spiro atoms. The zero-order chi connectivity index (χ0) is 13.2. The summed E-state index contributed by atoms with van der Waals surface area (Å²) in [5.41, 5.74) is 7.22. The lowest BCUT2D eigenvalue weighted by Gasteiger charge is -2.17. The Labute approximate surface area is 107 Å². The third-order valence-electron chi connectivity index (χ3n) is 2.94. The smallest absolute Gasteiger partial charge is 0.239 e. The molecule has 0 aliphatic rings. The largest absolute Gasteiger partial charge is 0.361 e. The van der Waals surface area contributed by atoms with Crippen LogP contribution in [0, 0.1) is 0 Å². The van der Waals surface area contributed by atoms with Crippen molar-refractivity contribution in [3.05, 3.63) is 36.0 Å². The maximum absolute atomic E-state index is 11.6. The zero-order valence-electron chi connectivity index (χ0n) is 10.8. The molecule has 4 nitrogen and oxygen atoms in total. The van der Waals surface area contributed by atoms with Gasteiger partial charge < -0.3 is 16.0 Å². The van der Waals surface area contributed by atoms with Gasteiger partial charge in [0.15, 0.2) is 0 Å². The van der Waals surface area contributed by atoms with Gasteiger partial charge in [0.25, 0.3) is 0 Å². The monoisotopic (exact) mass is 245 g/mol. The van der Waals surface area contributed by atoms with Gasteiger partial charge in [-0.15, -0.1) is 0 Å². The molecule has 0 atom stereocenters. The number of fused-ring (bicyclic) bond motifs is 1. The Kier molecular flexibility index (Phi) is 3.39. The second-order valence-electron chi connectivity index (χ2n) is 5.09. The lowest BCUT2D eigenvalue weighted by molar-refractivity contribution is -0.125. The van der Waals surface area contributed by atoms with E-state index in [1.807, 2.05) is 24.4 Å². The second-order valence-corrected chi connectivity index (χ2v) is 5.09. The van der Waals surface area contributed by atoms with Crippen molar-refractivity contribution >= 4 is 16.8 Å². The fraction of sp³-hybridized carbons (Fsp3) is 0.357. The summed E-state index contributed by atoms with van der Waals surface area (Å²) in [6, 6.07) is 8.14. The fourth-order valence-corrected chi connectivity index (χ4v) is 1.88. The molecule has 0 aliphatic heterocycles. The predicted molar refractivity (Wildman–Crippen MR) is 73.3 cm³/mol. The molecule has 1 heterocycles. The van der Waals surface area contributed by atoms with E-state index in [0.717, 1.165) is 11.9 Å². The Morgan fingerprint density at radius 1 is 1.39 bits per heavy atom. The van der Waals surface area contributed by atoms with E-state index in [1.54, 1.807) is 13.8 Å². The number of nitrogens with two attached hydrogens (primary N) is 1. The van der Waals surface area contributed by atoms with E-state index >= 15 is 0 Å². The molecule has 2 aromatic rings. The van der Waals surface area contributed by atoms with Gasteiger partial charge in [-0.1, -0.05) is 18.2 Å². The molecule has 1 aromatic carbocycles. The summed E-state index contributed by atoms with van der Waals surface area (Å²) in [6.45, 7) is 4.00. The molecule has 0 unspecified atom stereocenters. The minimum Gasteiger partial charge on any atom is -0.361 e. The van der Waals surface area contributed by atoms with Gasteiger partial charge in [-0.05, 0) is 31.9 Å². The van der Waals surface area contributed by atoms with Crippen LogP contribution in [-0.4, -0.2) is 23.0 Å². The maximum atomic E-state index is 11.6. The number of H-pyrrole nitrogens is 1. The normalized spacial score (nSPS) is 11.7. The zero-order valence-corrected chi connectivity index (χ0v) is 10.8. The number of aromatic nitrogens is 1. The third kappa shape index (κ3) is 2.71. The Morgan fingerprint density at radius 3 is 2.83 bits per heavy atom. The van der Waals surface area contributed by atoms with Gasteiger partial charge in [0.2, 0.25) is 5.91 Å². The van der Waals surface area contributed by atoms with Crippen LogP contribution < -0.4 is 11.1 Å². The topological polar surface area (TPSA) is 70.9 Å². The lowest BCUT2D eigenvalue weighted by atomic mass is 10.1. The predicted octanol–water partition coefficient (Wildman–Crippen LogP) is 1.56. The van der Waals surface area contributed by atoms with Gasteiger partial charge in [-0.3, -0.25) is 4.79 Å². The summed E-state index contributed by atoms with van der Waals surface area (Å²) in [6.07, 6.45) is 2.79. The summed E-state index contributed by atoms with van der Waals surface area (Å²) in [4.78, 5) is 14.8. The Balaban J connectivity index is 1.97. The molecule has 0 radical (unpaired) electrons. The number of hydrogen-bond donors (Lipinski definition) is 3. The SMILES string of the molecule is CC(C)(N)C(=O)NCCc1c[nH]c2ccccc12. The van der Waals surface area contributed by atoms with Crippen LogP contribution in [0.25, 0.3) is 10.9 Å². The van der Waals surface area contributed by atoms with E-state index in [0.29, 0.717) is 6.54 Å². The van der Waals surface area contributed by atoms with E-state index in [1.165, 1.54) is 10.9 Å². The van der Waals surface area contributed by atoms with Crippen molar-refractivity contribution < 1.29 is 4.79 Å². The molecule has 4 N–H and O–H groups in total. The third-order valence-corrected chi connectivity index (χ3v) is 2.94. The Morgan fingerprint density at radius 2 is 2.11 bits per heavy atom. The van der Waals surface area contributed by atoms with E-state index in [9.17, 15) is 4.79 Å². The molecule has 0 aliphatic carbocycles. The number of para-hydroxylation sites is 1. The number of amides is 1. The number of rotatable bonds is 4. The first-order chi connectivity index (χ1) is 8.48. The van der Waals surface area contributed by atoms with Crippen LogP contribution in [0.4, 0.5) is 0 Å². The van der Waals surface area contributed by atoms with Crippen molar-refractivity contribution in [1.29, 1.82) is 0 Å². The van der Waals surface area contributed by atoms with Crippen molar-refractivity contribution in [2.75, 3.05) is 6.54 Å². The average molecular weight is 245 g/mol. The molecular weight excluding hydrogens is 226 g/mol. The second kappa shape index (κ2) is 4.82. The fourth-order valence-electron chi connectivity index (χ4n) is 1.88. The molecule has 0 bridgehead atoms. The minimum atomic E-state index is -0.819. The molecule has 96 valence electrons. The van der Waals surface area contributed by atoms with Crippen LogP contribution in [0.2, 0.25) is 0 Å². The lowest BCUT2D eigenvalue weighted by Crippen LogP contribution is -2.49. The number of hydrogen-bond acceptors (Lipinski definition) is 2. The van der Waals surface area contributed by atoms with Crippen molar-refractivity contribution in [1.82, 2.24) is 10.3 Å². The Hall–Kier alpha value is -1.81. The minimum absolute atomic E-state index is 0.123. The van der Waals surface area contributed by atoms with Gasteiger partial charge in [-0.2, -0.15) is 0 Å². The van der Waals surface area contributed by atoms with Crippen LogP contribution in [0.5, 0.6) is 0 Å². The highest BCUT2D eigenvalue weighted by Crippen LogP contribution is 2.17. The van der Waals surface area contributed by atoms with Crippen LogP contribution in [0.3, 0.4) is 0 Å². The molecule has 1 aromatic heterocycles. The maximum Gasteiger partial charge on any atom is 0.239 e. The highest BCUT2D eigenvalue weighted by Gasteiger charge is 2.20. The first kappa shape index (κ1) is 12.6. The van der Waals surface area contributed by atoms with Gasteiger partial charge in [0, 0.05) is 23.6 Å². The summed E-state index contributed by atoms with van der Waals surface area (Å²) in [7, 11) is 0. The van der Waals surface area contributed by atoms with E-state index in [-0.39, 0.29) is 5.91 Å². The molecule has 4 heteroatoms. The van der Waals surface area contributed by atoms with Gasteiger partial charge in [-0.25, -0.2) is 0 Å². The summed E-state index contributed by atoms with van der Waals surface area (Å²) < 4.78 is 0. The molecule has 0 fully saturated rings. The van der Waals surface area contributed by atoms with Crippen LogP contribution in [0.1, 0.15) is 19.4 Å². The van der Waals surface area contributed by atoms with Crippen LogP contribution in [0.15, 0.2) is 30.5 Å². The molecular formula is C14H19N3O. The quantitative estimate of drug-likeness (QED) is 0.765. The average Bonchev–Trinajstić information content (AvgIpc) is 2.71. The van der Waals surface area contributed by atoms with E-state index in [4.69, 9.17) is 5.73 Å². The van der Waals surface area contributed by atoms with E-state index < -0.39 is 5.54 Å². The summed E-state index contributed by atoms with van der Waals surface area (Å²) in [5.74, 6) is -0.123. The van der Waals surface area contributed by atoms with Gasteiger partial charge in [0.1, 0.15) is 0 Å². The summed E-state index contributed by atoms with van der Waals surface area (Å²) >= 11 is 0. The van der Waals surface area contributed by atoms with Crippen molar-refractivity contribution in [2.24, 2.45) is 5.73 Å². The number of nitrogens with one attached hydrogen (secondary N) is 2. The molecule has 0 saturated carbocycles. The molecule has 18 heavy (non-hydrogen) atoms. The number of aromatic amines is 1. The molecule has 2 rings (SSSR count). The highest BCUT2D eigenvalue weighted by atomic mass is 16.2. The van der Waals surface area contributed by atoms with Crippen molar-refractivity contribution in [3.8, 4) is 0 Å².